The fourth-order valence-corrected chi connectivity index (χ4v) is 5.53. The standard InChI is InChI=1S/C26H25FN4O3/c1-33-24-11-17(4-8-23(24)30-14-21(15-32)28-16-30)5-9-25-29-34-26-19(3-2-10-31(25)26)12-18-13-20(27)6-7-22(18)26/h4-9,11,13-14,16,19,32H,2-3,10,12,15H2,1H3/t19-,26+/m0/s1. The Morgan fingerprint density at radius 3 is 3.00 bits per heavy atom. The van der Waals surface area contributed by atoms with Crippen LogP contribution in [0.2, 0.25) is 0 Å². The number of halogens is 1. The van der Waals surface area contributed by atoms with Crippen LogP contribution in [0, 0.1) is 11.7 Å². The Labute approximate surface area is 196 Å². The van der Waals surface area contributed by atoms with E-state index in [1.165, 1.54) is 6.07 Å². The summed E-state index contributed by atoms with van der Waals surface area (Å²) in [7, 11) is 1.63. The number of amidine groups is 1. The molecule has 34 heavy (non-hydrogen) atoms. The number of imidazole rings is 1. The molecule has 3 aromatic rings. The van der Waals surface area contributed by atoms with Gasteiger partial charge in [-0.05, 0) is 66.8 Å². The molecule has 1 saturated heterocycles. The highest BCUT2D eigenvalue weighted by atomic mass is 19.1. The molecule has 174 valence electrons. The summed E-state index contributed by atoms with van der Waals surface area (Å²) >= 11 is 0. The van der Waals surface area contributed by atoms with E-state index in [9.17, 15) is 9.50 Å². The van der Waals surface area contributed by atoms with E-state index in [0.717, 1.165) is 54.0 Å². The third-order valence-corrected chi connectivity index (χ3v) is 7.07. The van der Waals surface area contributed by atoms with Gasteiger partial charge in [-0.3, -0.25) is 0 Å². The summed E-state index contributed by atoms with van der Waals surface area (Å²) in [5.41, 5.74) is 3.79. The van der Waals surface area contributed by atoms with Gasteiger partial charge in [0.25, 0.3) is 0 Å². The summed E-state index contributed by atoms with van der Waals surface area (Å²) in [6.45, 7) is 0.727. The Hall–Kier alpha value is -3.65. The van der Waals surface area contributed by atoms with Crippen LogP contribution in [0.4, 0.5) is 4.39 Å². The molecule has 0 radical (unpaired) electrons. The first-order chi connectivity index (χ1) is 16.6. The molecule has 1 aromatic heterocycles. The van der Waals surface area contributed by atoms with Crippen LogP contribution in [0.3, 0.4) is 0 Å². The molecule has 0 unspecified atom stereocenters. The summed E-state index contributed by atoms with van der Waals surface area (Å²) < 4.78 is 21.3. The molecule has 3 heterocycles. The number of hydrogen-bond donors (Lipinski definition) is 1. The fraction of sp³-hybridized carbons (Fsp3) is 0.308. The maximum Gasteiger partial charge on any atom is 0.240 e. The molecule has 2 aliphatic heterocycles. The van der Waals surface area contributed by atoms with Crippen molar-refractivity contribution in [2.24, 2.45) is 11.1 Å². The second-order valence-electron chi connectivity index (χ2n) is 8.93. The van der Waals surface area contributed by atoms with Crippen molar-refractivity contribution >= 4 is 11.9 Å². The SMILES string of the molecule is COc1cc(C=CC2=NO[C@@]34c5ccc(F)cc5C[C@@H]3CCCN24)ccc1-n1cnc(CO)c1. The maximum absolute atomic E-state index is 13.9. The molecule has 1 aliphatic carbocycles. The number of fused-ring (bicyclic) bond motifs is 1. The topological polar surface area (TPSA) is 72.1 Å². The van der Waals surface area contributed by atoms with Crippen LogP contribution < -0.4 is 4.74 Å². The summed E-state index contributed by atoms with van der Waals surface area (Å²) in [5, 5.41) is 13.8. The number of methoxy groups -OCH3 is 1. The van der Waals surface area contributed by atoms with Gasteiger partial charge >= 0.3 is 0 Å². The van der Waals surface area contributed by atoms with Gasteiger partial charge < -0.3 is 24.1 Å². The van der Waals surface area contributed by atoms with E-state index in [-0.39, 0.29) is 18.3 Å². The van der Waals surface area contributed by atoms with Crippen molar-refractivity contribution in [3.63, 3.8) is 0 Å². The largest absolute Gasteiger partial charge is 0.495 e. The number of benzene rings is 2. The van der Waals surface area contributed by atoms with E-state index in [2.05, 4.69) is 15.0 Å². The molecule has 0 saturated carbocycles. The number of piperidine rings is 1. The van der Waals surface area contributed by atoms with Gasteiger partial charge in [0, 0.05) is 24.2 Å². The molecule has 1 spiro atoms. The number of ether oxygens (including phenoxy) is 1. The Kier molecular flexibility index (Phi) is 4.91. The predicted octanol–water partition coefficient (Wildman–Crippen LogP) is 3.99. The van der Waals surface area contributed by atoms with Gasteiger partial charge in [0.15, 0.2) is 5.84 Å². The maximum atomic E-state index is 13.9. The highest BCUT2D eigenvalue weighted by Crippen LogP contribution is 2.53. The zero-order chi connectivity index (χ0) is 23.3. The number of aliphatic hydroxyl groups is 1. The van der Waals surface area contributed by atoms with Crippen LogP contribution in [-0.2, 0) is 23.6 Å². The lowest BCUT2D eigenvalue weighted by molar-refractivity contribution is -0.155. The molecular weight excluding hydrogens is 435 g/mol. The Morgan fingerprint density at radius 2 is 2.18 bits per heavy atom. The van der Waals surface area contributed by atoms with Crippen molar-refractivity contribution in [1.82, 2.24) is 14.5 Å². The molecule has 8 heteroatoms. The van der Waals surface area contributed by atoms with Crippen LogP contribution in [0.5, 0.6) is 5.75 Å². The third-order valence-electron chi connectivity index (χ3n) is 7.07. The van der Waals surface area contributed by atoms with Crippen molar-refractivity contribution in [2.45, 2.75) is 31.6 Å². The molecule has 0 bridgehead atoms. The van der Waals surface area contributed by atoms with E-state index >= 15 is 0 Å². The first kappa shape index (κ1) is 20.9. The monoisotopic (exact) mass is 460 g/mol. The molecule has 0 amide bonds. The molecule has 1 N–H and O–H groups in total. The Morgan fingerprint density at radius 1 is 1.26 bits per heavy atom. The van der Waals surface area contributed by atoms with Gasteiger partial charge in [-0.15, -0.1) is 0 Å². The number of aliphatic hydroxyl groups excluding tert-OH is 1. The van der Waals surface area contributed by atoms with E-state index in [0.29, 0.717) is 11.4 Å². The fourth-order valence-electron chi connectivity index (χ4n) is 5.53. The first-order valence-corrected chi connectivity index (χ1v) is 11.5. The van der Waals surface area contributed by atoms with Crippen LogP contribution in [0.15, 0.2) is 60.2 Å². The van der Waals surface area contributed by atoms with Gasteiger partial charge in [0.1, 0.15) is 11.6 Å². The van der Waals surface area contributed by atoms with Gasteiger partial charge in [-0.2, -0.15) is 0 Å². The number of aromatic nitrogens is 2. The zero-order valence-electron chi connectivity index (χ0n) is 18.8. The van der Waals surface area contributed by atoms with E-state index in [1.807, 2.05) is 41.0 Å². The Bertz CT molecular complexity index is 1320. The second kappa shape index (κ2) is 7.99. The van der Waals surface area contributed by atoms with Crippen molar-refractivity contribution in [1.29, 1.82) is 0 Å². The lowest BCUT2D eigenvalue weighted by Gasteiger charge is -2.42. The summed E-state index contributed by atoms with van der Waals surface area (Å²) in [4.78, 5) is 12.6. The van der Waals surface area contributed by atoms with E-state index < -0.39 is 5.72 Å². The van der Waals surface area contributed by atoms with Crippen LogP contribution in [-0.4, -0.2) is 39.0 Å². The van der Waals surface area contributed by atoms with Crippen molar-refractivity contribution in [2.75, 3.05) is 13.7 Å². The quantitative estimate of drug-likeness (QED) is 0.624. The molecular formula is C26H25FN4O3. The van der Waals surface area contributed by atoms with E-state index in [4.69, 9.17) is 9.57 Å². The lowest BCUT2D eigenvalue weighted by Crippen LogP contribution is -2.52. The van der Waals surface area contributed by atoms with Crippen molar-refractivity contribution in [3.8, 4) is 11.4 Å². The minimum atomic E-state index is -0.631. The number of hydrogen-bond acceptors (Lipinski definition) is 6. The van der Waals surface area contributed by atoms with E-state index in [1.54, 1.807) is 25.7 Å². The smallest absolute Gasteiger partial charge is 0.240 e. The minimum absolute atomic E-state index is 0.113. The summed E-state index contributed by atoms with van der Waals surface area (Å²) in [6, 6.07) is 10.9. The molecule has 2 aromatic carbocycles. The number of rotatable bonds is 5. The first-order valence-electron chi connectivity index (χ1n) is 11.5. The number of oxime groups is 1. The zero-order valence-corrected chi connectivity index (χ0v) is 18.8. The number of nitrogens with zero attached hydrogens (tertiary/aromatic N) is 4. The van der Waals surface area contributed by atoms with Crippen molar-refractivity contribution < 1.29 is 19.1 Å². The van der Waals surface area contributed by atoms with Crippen LogP contribution in [0.1, 0.15) is 35.2 Å². The average Bonchev–Trinajstić information content (AvgIpc) is 3.56. The van der Waals surface area contributed by atoms with Crippen LogP contribution >= 0.6 is 0 Å². The third kappa shape index (κ3) is 3.13. The average molecular weight is 461 g/mol. The second-order valence-corrected chi connectivity index (χ2v) is 8.93. The predicted molar refractivity (Wildman–Crippen MR) is 125 cm³/mol. The van der Waals surface area contributed by atoms with Gasteiger partial charge in [-0.25, -0.2) is 9.37 Å². The molecule has 3 aliphatic rings. The summed E-state index contributed by atoms with van der Waals surface area (Å²) in [6.07, 6.45) is 10.3. The highest BCUT2D eigenvalue weighted by Gasteiger charge is 2.58. The van der Waals surface area contributed by atoms with Gasteiger partial charge in [-0.1, -0.05) is 17.3 Å². The highest BCUT2D eigenvalue weighted by molar-refractivity contribution is 5.97. The molecule has 6 rings (SSSR count). The Balaban J connectivity index is 1.28. The molecule has 7 nitrogen and oxygen atoms in total. The van der Waals surface area contributed by atoms with Gasteiger partial charge in [0.05, 0.1) is 31.4 Å². The lowest BCUT2D eigenvalue weighted by atomic mass is 9.86. The molecule has 2 atom stereocenters. The van der Waals surface area contributed by atoms with Crippen molar-refractivity contribution in [3.05, 3.63) is 83.2 Å². The normalized spacial score (nSPS) is 22.9. The summed E-state index contributed by atoms with van der Waals surface area (Å²) in [5.74, 6) is 1.51. The molecule has 1 fully saturated rings. The van der Waals surface area contributed by atoms with Gasteiger partial charge in [0.2, 0.25) is 5.72 Å². The minimum Gasteiger partial charge on any atom is -0.495 e. The van der Waals surface area contributed by atoms with Crippen LogP contribution in [0.25, 0.3) is 11.8 Å².